The maximum Gasteiger partial charge on any atom is 0.124 e. The van der Waals surface area contributed by atoms with Gasteiger partial charge in [-0.3, -0.25) is 9.80 Å². The lowest BCUT2D eigenvalue weighted by Gasteiger charge is -2.50. The van der Waals surface area contributed by atoms with Gasteiger partial charge < -0.3 is 10.1 Å². The van der Waals surface area contributed by atoms with Crippen molar-refractivity contribution in [3.05, 3.63) is 29.8 Å². The summed E-state index contributed by atoms with van der Waals surface area (Å²) in [5.41, 5.74) is 1.30. The topological polar surface area (TPSA) is 27.7 Å². The van der Waals surface area contributed by atoms with Gasteiger partial charge in [0.15, 0.2) is 0 Å². The fourth-order valence-corrected chi connectivity index (χ4v) is 3.61. The van der Waals surface area contributed by atoms with Gasteiger partial charge >= 0.3 is 0 Å². The highest BCUT2D eigenvalue weighted by molar-refractivity contribution is 5.37. The number of likely N-dealkylation sites (N-methyl/N-ethyl adjacent to an activating group) is 1. The van der Waals surface area contributed by atoms with Crippen molar-refractivity contribution >= 4 is 0 Å². The molecular formula is C17H27N3O. The van der Waals surface area contributed by atoms with Crippen LogP contribution in [0, 0.1) is 0 Å². The first-order valence-electron chi connectivity index (χ1n) is 8.19. The lowest BCUT2D eigenvalue weighted by Crippen LogP contribution is -2.63. The van der Waals surface area contributed by atoms with Gasteiger partial charge in [-0.25, -0.2) is 0 Å². The maximum atomic E-state index is 5.97. The molecule has 4 rings (SSSR count). The van der Waals surface area contributed by atoms with Gasteiger partial charge in [0, 0.05) is 44.3 Å². The van der Waals surface area contributed by atoms with E-state index in [9.17, 15) is 0 Å². The van der Waals surface area contributed by atoms with Crippen LogP contribution in [0.1, 0.15) is 24.9 Å². The largest absolute Gasteiger partial charge is 0.493 e. The molecule has 0 amide bonds. The van der Waals surface area contributed by atoms with E-state index < -0.39 is 0 Å². The molecule has 4 heteroatoms. The second kappa shape index (κ2) is 6.77. The molecule has 2 atom stereocenters. The van der Waals surface area contributed by atoms with Crippen LogP contribution in [-0.2, 0) is 0 Å². The van der Waals surface area contributed by atoms with Crippen molar-refractivity contribution in [2.75, 3.05) is 46.4 Å². The average Bonchev–Trinajstić information content (AvgIpc) is 2.56. The van der Waals surface area contributed by atoms with Crippen molar-refractivity contribution in [1.29, 1.82) is 0 Å². The quantitative estimate of drug-likeness (QED) is 0.863. The van der Waals surface area contributed by atoms with E-state index in [4.69, 9.17) is 4.74 Å². The van der Waals surface area contributed by atoms with Gasteiger partial charge in [0.2, 0.25) is 0 Å². The van der Waals surface area contributed by atoms with Crippen LogP contribution in [0.15, 0.2) is 24.3 Å². The fourth-order valence-electron chi connectivity index (χ4n) is 3.61. The minimum Gasteiger partial charge on any atom is -0.493 e. The normalized spacial score (nSPS) is 29.3. The first-order chi connectivity index (χ1) is 10.3. The van der Waals surface area contributed by atoms with Crippen molar-refractivity contribution in [2.24, 2.45) is 0 Å². The summed E-state index contributed by atoms with van der Waals surface area (Å²) in [6, 6.07) is 9.38. The molecule has 0 radical (unpaired) electrons. The third kappa shape index (κ3) is 3.07. The number of ether oxygens (including phenoxy) is 1. The van der Waals surface area contributed by atoms with Gasteiger partial charge in [-0.15, -0.1) is 0 Å². The maximum absolute atomic E-state index is 5.97. The van der Waals surface area contributed by atoms with Crippen molar-refractivity contribution in [2.45, 2.75) is 25.4 Å². The van der Waals surface area contributed by atoms with Crippen molar-refractivity contribution < 1.29 is 4.74 Å². The van der Waals surface area contributed by atoms with Crippen LogP contribution in [0.3, 0.4) is 0 Å². The number of hydrogen-bond acceptors (Lipinski definition) is 4. The number of piperazine rings is 3. The number of rotatable bonds is 6. The van der Waals surface area contributed by atoms with Crippen LogP contribution >= 0.6 is 0 Å². The Hall–Kier alpha value is -1.10. The molecule has 21 heavy (non-hydrogen) atoms. The Morgan fingerprint density at radius 2 is 2.00 bits per heavy atom. The Labute approximate surface area is 128 Å². The number of para-hydroxylation sites is 1. The highest BCUT2D eigenvalue weighted by Crippen LogP contribution is 2.32. The number of nitrogens with one attached hydrogen (secondary N) is 1. The molecule has 0 aliphatic carbocycles. The molecular weight excluding hydrogens is 262 g/mol. The Morgan fingerprint density at radius 3 is 2.62 bits per heavy atom. The van der Waals surface area contributed by atoms with Gasteiger partial charge in [0.05, 0.1) is 12.6 Å². The zero-order chi connectivity index (χ0) is 14.7. The molecule has 3 aliphatic rings. The van der Waals surface area contributed by atoms with E-state index in [-0.39, 0.29) is 0 Å². The summed E-state index contributed by atoms with van der Waals surface area (Å²) in [7, 11) is 2.07. The molecule has 4 nitrogen and oxygen atoms in total. The second-order valence-corrected chi connectivity index (χ2v) is 6.06. The molecule has 0 aromatic heterocycles. The number of nitrogens with zero attached hydrogens (tertiary/aromatic N) is 2. The van der Waals surface area contributed by atoms with E-state index in [0.717, 1.165) is 25.3 Å². The van der Waals surface area contributed by atoms with Gasteiger partial charge in [-0.2, -0.15) is 0 Å². The molecule has 1 aromatic carbocycles. The summed E-state index contributed by atoms with van der Waals surface area (Å²) in [5.74, 6) is 1.04. The molecule has 3 aliphatic heterocycles. The lowest BCUT2D eigenvalue weighted by atomic mass is 9.93. The van der Waals surface area contributed by atoms with Crippen LogP contribution in [0.5, 0.6) is 5.75 Å². The summed E-state index contributed by atoms with van der Waals surface area (Å²) in [6.07, 6.45) is 1.04. The van der Waals surface area contributed by atoms with Crippen molar-refractivity contribution in [3.8, 4) is 5.75 Å². The third-order valence-electron chi connectivity index (χ3n) is 4.73. The van der Waals surface area contributed by atoms with E-state index in [1.54, 1.807) is 0 Å². The summed E-state index contributed by atoms with van der Waals surface area (Å²) in [5, 5.41) is 3.54. The van der Waals surface area contributed by atoms with Crippen LogP contribution in [0.2, 0.25) is 0 Å². The zero-order valence-corrected chi connectivity index (χ0v) is 13.2. The number of benzene rings is 1. The van der Waals surface area contributed by atoms with Crippen LogP contribution in [0.25, 0.3) is 0 Å². The summed E-state index contributed by atoms with van der Waals surface area (Å²) in [6.45, 7) is 8.93. The second-order valence-electron chi connectivity index (χ2n) is 6.06. The Morgan fingerprint density at radius 1 is 1.24 bits per heavy atom. The fraction of sp³-hybridized carbons (Fsp3) is 0.647. The number of fused-ring (bicyclic) bond motifs is 3. The van der Waals surface area contributed by atoms with E-state index in [1.807, 2.05) is 0 Å². The highest BCUT2D eigenvalue weighted by atomic mass is 16.5. The Bertz CT molecular complexity index is 457. The van der Waals surface area contributed by atoms with Crippen LogP contribution in [0.4, 0.5) is 0 Å². The predicted molar refractivity (Wildman–Crippen MR) is 85.8 cm³/mol. The minimum atomic E-state index is 0.334. The summed E-state index contributed by atoms with van der Waals surface area (Å²) in [4.78, 5) is 5.22. The summed E-state index contributed by atoms with van der Waals surface area (Å²) >= 11 is 0. The van der Waals surface area contributed by atoms with Crippen LogP contribution in [-0.4, -0.2) is 62.2 Å². The van der Waals surface area contributed by atoms with Gasteiger partial charge in [-0.05, 0) is 19.5 Å². The highest BCUT2D eigenvalue weighted by Gasteiger charge is 2.37. The van der Waals surface area contributed by atoms with Gasteiger partial charge in [0.1, 0.15) is 5.75 Å². The summed E-state index contributed by atoms with van der Waals surface area (Å²) < 4.78 is 5.97. The third-order valence-corrected chi connectivity index (χ3v) is 4.73. The minimum absolute atomic E-state index is 0.334. The molecule has 3 fully saturated rings. The predicted octanol–water partition coefficient (Wildman–Crippen LogP) is 1.74. The molecule has 3 heterocycles. The van der Waals surface area contributed by atoms with E-state index in [0.29, 0.717) is 12.1 Å². The molecule has 2 unspecified atom stereocenters. The molecule has 116 valence electrons. The molecule has 3 saturated heterocycles. The van der Waals surface area contributed by atoms with Gasteiger partial charge in [0.25, 0.3) is 0 Å². The SMILES string of the molecule is CCCOc1ccccc1C(NC)C1CN2CCN1CC2. The Kier molecular flexibility index (Phi) is 4.78. The molecule has 0 saturated carbocycles. The number of hydrogen-bond donors (Lipinski definition) is 1. The van der Waals surface area contributed by atoms with Crippen LogP contribution < -0.4 is 10.1 Å². The van der Waals surface area contributed by atoms with Crippen molar-refractivity contribution in [1.82, 2.24) is 15.1 Å². The molecule has 1 N–H and O–H groups in total. The molecule has 0 spiro atoms. The van der Waals surface area contributed by atoms with E-state index in [1.165, 1.54) is 31.7 Å². The van der Waals surface area contributed by atoms with E-state index in [2.05, 4.69) is 53.4 Å². The first-order valence-corrected chi connectivity index (χ1v) is 8.19. The average molecular weight is 289 g/mol. The first kappa shape index (κ1) is 14.8. The Balaban J connectivity index is 1.83. The van der Waals surface area contributed by atoms with Crippen molar-refractivity contribution in [3.63, 3.8) is 0 Å². The zero-order valence-electron chi connectivity index (χ0n) is 13.2. The van der Waals surface area contributed by atoms with Gasteiger partial charge in [-0.1, -0.05) is 25.1 Å². The molecule has 1 aromatic rings. The van der Waals surface area contributed by atoms with E-state index >= 15 is 0 Å². The monoisotopic (exact) mass is 289 g/mol. The smallest absolute Gasteiger partial charge is 0.124 e. The standard InChI is InChI=1S/C17H27N3O/c1-3-12-21-16-7-5-4-6-14(16)17(18-2)15-13-19-8-10-20(15)11-9-19/h4-7,15,17-18H,3,8-13H2,1-2H3. The lowest BCUT2D eigenvalue weighted by molar-refractivity contribution is -0.00292. The molecule has 2 bridgehead atoms.